The van der Waals surface area contributed by atoms with E-state index in [-0.39, 0.29) is 5.15 Å². The van der Waals surface area contributed by atoms with Crippen molar-refractivity contribution in [3.8, 4) is 5.75 Å². The van der Waals surface area contributed by atoms with Crippen LogP contribution in [-0.4, -0.2) is 23.4 Å². The van der Waals surface area contributed by atoms with Crippen molar-refractivity contribution in [2.75, 3.05) is 7.11 Å². The van der Waals surface area contributed by atoms with E-state index >= 15 is 0 Å². The topological polar surface area (TPSA) is 55.0 Å². The quantitative estimate of drug-likeness (QED) is 0.610. The maximum absolute atomic E-state index is 10.6. The number of nitrogens with zero attached hydrogens (tertiary/aromatic N) is 1. The van der Waals surface area contributed by atoms with Crippen molar-refractivity contribution in [2.45, 2.75) is 0 Å². The SMILES string of the molecule is COc1cc2[nH]cc(C=O)c2nc1Cl. The molecule has 5 heteroatoms. The molecule has 0 fully saturated rings. The van der Waals surface area contributed by atoms with Crippen LogP contribution in [0.2, 0.25) is 5.15 Å². The molecule has 2 aromatic rings. The minimum absolute atomic E-state index is 0.253. The Bertz CT molecular complexity index is 493. The zero-order valence-corrected chi connectivity index (χ0v) is 8.13. The summed E-state index contributed by atoms with van der Waals surface area (Å²) in [6, 6.07) is 1.71. The predicted molar refractivity (Wildman–Crippen MR) is 53.0 cm³/mol. The van der Waals surface area contributed by atoms with Gasteiger partial charge in [0, 0.05) is 12.3 Å². The number of H-pyrrole nitrogens is 1. The van der Waals surface area contributed by atoms with Gasteiger partial charge in [-0.1, -0.05) is 11.6 Å². The summed E-state index contributed by atoms with van der Waals surface area (Å²) < 4.78 is 4.99. The Balaban J connectivity index is 2.75. The van der Waals surface area contributed by atoms with Gasteiger partial charge in [-0.05, 0) is 0 Å². The van der Waals surface area contributed by atoms with Gasteiger partial charge in [-0.2, -0.15) is 0 Å². The van der Waals surface area contributed by atoms with E-state index in [1.807, 2.05) is 0 Å². The number of carbonyl (C=O) groups is 1. The first-order chi connectivity index (χ1) is 6.76. The Morgan fingerprint density at radius 3 is 3.07 bits per heavy atom. The number of nitrogens with one attached hydrogen (secondary N) is 1. The van der Waals surface area contributed by atoms with Crippen LogP contribution < -0.4 is 4.74 Å². The van der Waals surface area contributed by atoms with E-state index in [0.29, 0.717) is 16.8 Å². The zero-order chi connectivity index (χ0) is 10.1. The second kappa shape index (κ2) is 3.31. The third-order valence-corrected chi connectivity index (χ3v) is 2.22. The first kappa shape index (κ1) is 9.02. The highest BCUT2D eigenvalue weighted by molar-refractivity contribution is 6.31. The van der Waals surface area contributed by atoms with Crippen molar-refractivity contribution in [2.24, 2.45) is 0 Å². The van der Waals surface area contributed by atoms with Crippen LogP contribution in [0.5, 0.6) is 5.75 Å². The Morgan fingerprint density at radius 2 is 2.43 bits per heavy atom. The van der Waals surface area contributed by atoms with Gasteiger partial charge in [-0.15, -0.1) is 0 Å². The molecule has 0 saturated heterocycles. The van der Waals surface area contributed by atoms with Gasteiger partial charge in [0.05, 0.1) is 18.2 Å². The highest BCUT2D eigenvalue weighted by atomic mass is 35.5. The molecule has 14 heavy (non-hydrogen) atoms. The van der Waals surface area contributed by atoms with E-state index < -0.39 is 0 Å². The summed E-state index contributed by atoms with van der Waals surface area (Å²) in [6.07, 6.45) is 2.31. The van der Waals surface area contributed by atoms with E-state index in [0.717, 1.165) is 11.8 Å². The number of aromatic nitrogens is 2. The summed E-state index contributed by atoms with van der Waals surface area (Å²) in [5.74, 6) is 0.485. The maximum Gasteiger partial charge on any atom is 0.171 e. The molecule has 0 bridgehead atoms. The van der Waals surface area contributed by atoms with Crippen molar-refractivity contribution < 1.29 is 9.53 Å². The van der Waals surface area contributed by atoms with Crippen molar-refractivity contribution in [3.63, 3.8) is 0 Å². The lowest BCUT2D eigenvalue weighted by Gasteiger charge is -2.01. The van der Waals surface area contributed by atoms with E-state index in [1.54, 1.807) is 12.3 Å². The number of halogens is 1. The van der Waals surface area contributed by atoms with Crippen molar-refractivity contribution in [3.05, 3.63) is 23.0 Å². The highest BCUT2D eigenvalue weighted by Crippen LogP contribution is 2.27. The van der Waals surface area contributed by atoms with E-state index in [4.69, 9.17) is 16.3 Å². The van der Waals surface area contributed by atoms with E-state index in [9.17, 15) is 4.79 Å². The average molecular weight is 211 g/mol. The fourth-order valence-electron chi connectivity index (χ4n) is 1.26. The fourth-order valence-corrected chi connectivity index (χ4v) is 1.48. The van der Waals surface area contributed by atoms with Crippen LogP contribution in [0.15, 0.2) is 12.3 Å². The van der Waals surface area contributed by atoms with Crippen molar-refractivity contribution >= 4 is 28.9 Å². The second-order valence-corrected chi connectivity index (χ2v) is 3.10. The van der Waals surface area contributed by atoms with Crippen LogP contribution in [0, 0.1) is 0 Å². The lowest BCUT2D eigenvalue weighted by Crippen LogP contribution is -1.88. The molecule has 0 aliphatic heterocycles. The first-order valence-corrected chi connectivity index (χ1v) is 4.31. The van der Waals surface area contributed by atoms with Gasteiger partial charge < -0.3 is 9.72 Å². The first-order valence-electron chi connectivity index (χ1n) is 3.93. The van der Waals surface area contributed by atoms with Crippen LogP contribution in [0.25, 0.3) is 11.0 Å². The number of fused-ring (bicyclic) bond motifs is 1. The number of hydrogen-bond acceptors (Lipinski definition) is 3. The minimum Gasteiger partial charge on any atom is -0.493 e. The largest absolute Gasteiger partial charge is 0.493 e. The Labute approximate surface area is 84.9 Å². The number of methoxy groups -OCH3 is 1. The molecular weight excluding hydrogens is 204 g/mol. The van der Waals surface area contributed by atoms with Gasteiger partial charge in [0.2, 0.25) is 0 Å². The Kier molecular flexibility index (Phi) is 2.13. The van der Waals surface area contributed by atoms with Crippen LogP contribution in [0.1, 0.15) is 10.4 Å². The number of hydrogen-bond donors (Lipinski definition) is 1. The second-order valence-electron chi connectivity index (χ2n) is 2.74. The number of rotatable bonds is 2. The predicted octanol–water partition coefficient (Wildman–Crippen LogP) is 2.04. The molecule has 0 saturated carbocycles. The van der Waals surface area contributed by atoms with Gasteiger partial charge in [-0.25, -0.2) is 4.98 Å². The normalized spacial score (nSPS) is 10.4. The molecule has 2 aromatic heterocycles. The molecule has 0 atom stereocenters. The third-order valence-electron chi connectivity index (χ3n) is 1.95. The van der Waals surface area contributed by atoms with Gasteiger partial charge in [0.25, 0.3) is 0 Å². The van der Waals surface area contributed by atoms with Crippen molar-refractivity contribution in [1.29, 1.82) is 0 Å². The molecule has 1 N–H and O–H groups in total. The van der Waals surface area contributed by atoms with Crippen LogP contribution in [0.3, 0.4) is 0 Å². The third kappa shape index (κ3) is 1.24. The molecule has 2 rings (SSSR count). The maximum atomic E-state index is 10.6. The molecular formula is C9H7ClN2O2. The number of pyridine rings is 1. The number of carbonyl (C=O) groups excluding carboxylic acids is 1. The smallest absolute Gasteiger partial charge is 0.171 e. The lowest BCUT2D eigenvalue weighted by molar-refractivity contribution is 0.112. The lowest BCUT2D eigenvalue weighted by atomic mass is 10.3. The monoisotopic (exact) mass is 210 g/mol. The number of ether oxygens (including phenoxy) is 1. The fraction of sp³-hybridized carbons (Fsp3) is 0.111. The van der Waals surface area contributed by atoms with Crippen LogP contribution in [-0.2, 0) is 0 Å². The minimum atomic E-state index is 0.253. The molecule has 72 valence electrons. The van der Waals surface area contributed by atoms with Gasteiger partial charge in [0.15, 0.2) is 17.2 Å². The van der Waals surface area contributed by atoms with Crippen LogP contribution in [0.4, 0.5) is 0 Å². The summed E-state index contributed by atoms with van der Waals surface area (Å²) >= 11 is 5.82. The Morgan fingerprint density at radius 1 is 1.64 bits per heavy atom. The summed E-state index contributed by atoms with van der Waals surface area (Å²) in [5, 5.41) is 0.253. The molecule has 4 nitrogen and oxygen atoms in total. The van der Waals surface area contributed by atoms with Crippen LogP contribution >= 0.6 is 11.6 Å². The van der Waals surface area contributed by atoms with Crippen molar-refractivity contribution in [1.82, 2.24) is 9.97 Å². The summed E-state index contributed by atoms with van der Waals surface area (Å²) in [4.78, 5) is 17.6. The van der Waals surface area contributed by atoms with Gasteiger partial charge >= 0.3 is 0 Å². The molecule has 0 amide bonds. The molecule has 0 radical (unpaired) electrons. The van der Waals surface area contributed by atoms with Gasteiger partial charge in [-0.3, -0.25) is 4.79 Å². The summed E-state index contributed by atoms with van der Waals surface area (Å²) in [5.41, 5.74) is 1.78. The summed E-state index contributed by atoms with van der Waals surface area (Å²) in [7, 11) is 1.51. The van der Waals surface area contributed by atoms with E-state index in [1.165, 1.54) is 7.11 Å². The summed E-state index contributed by atoms with van der Waals surface area (Å²) in [6.45, 7) is 0. The number of aldehydes is 1. The molecule has 0 aromatic carbocycles. The highest BCUT2D eigenvalue weighted by Gasteiger charge is 2.09. The molecule has 0 aliphatic rings. The van der Waals surface area contributed by atoms with Gasteiger partial charge in [0.1, 0.15) is 5.52 Å². The zero-order valence-electron chi connectivity index (χ0n) is 7.37. The molecule has 0 aliphatic carbocycles. The Hall–Kier alpha value is -1.55. The molecule has 2 heterocycles. The number of aromatic amines is 1. The molecule has 0 unspecified atom stereocenters. The molecule has 0 spiro atoms. The average Bonchev–Trinajstić information content (AvgIpc) is 2.58. The van der Waals surface area contributed by atoms with E-state index in [2.05, 4.69) is 9.97 Å². The standard InChI is InChI=1S/C9H7ClN2O2/c1-14-7-2-6-8(12-9(7)10)5(4-13)3-11-6/h2-4,11H,1H3.